The molecule has 1 aliphatic rings. The smallest absolute Gasteiger partial charge is 0.243 e. The molecule has 106 valence electrons. The van der Waals surface area contributed by atoms with E-state index in [2.05, 4.69) is 0 Å². The number of aliphatic hydroxyl groups excluding tert-OH is 1. The normalized spacial score (nSPS) is 20.4. The number of sulfonamides is 1. The van der Waals surface area contributed by atoms with E-state index in [1.165, 1.54) is 4.31 Å². The summed E-state index contributed by atoms with van der Waals surface area (Å²) in [5.74, 6) is 0. The Labute approximate surface area is 113 Å². The van der Waals surface area contributed by atoms with E-state index in [4.69, 9.17) is 5.11 Å². The average Bonchev–Trinajstić information content (AvgIpc) is 2.40. The Bertz CT molecular complexity index is 530. The first-order valence-corrected chi connectivity index (χ1v) is 7.71. The van der Waals surface area contributed by atoms with Gasteiger partial charge in [0.05, 0.1) is 17.1 Å². The minimum atomic E-state index is -3.50. The topological polar surface area (TPSA) is 77.8 Å². The molecule has 1 aromatic rings. The molecule has 1 heterocycles. The van der Waals surface area contributed by atoms with Gasteiger partial charge in [-0.05, 0) is 31.9 Å². The fraction of sp³-hybridized carbons (Fsp3) is 0.538. The molecular weight excluding hydrogens is 266 g/mol. The lowest BCUT2D eigenvalue weighted by molar-refractivity contribution is -0.0480. The Morgan fingerprint density at radius 3 is 2.21 bits per heavy atom. The largest absolute Gasteiger partial charge is 0.393 e. The van der Waals surface area contributed by atoms with Crippen LogP contribution in [0.2, 0.25) is 0 Å². The van der Waals surface area contributed by atoms with Gasteiger partial charge in [0.15, 0.2) is 0 Å². The monoisotopic (exact) mass is 285 g/mol. The van der Waals surface area contributed by atoms with Gasteiger partial charge in [0.25, 0.3) is 0 Å². The highest BCUT2D eigenvalue weighted by atomic mass is 32.2. The summed E-state index contributed by atoms with van der Waals surface area (Å²) in [6.45, 7) is 2.03. The molecule has 0 bridgehead atoms. The first-order valence-electron chi connectivity index (χ1n) is 6.27. The summed E-state index contributed by atoms with van der Waals surface area (Å²) in [6, 6.07) is 6.72. The van der Waals surface area contributed by atoms with Crippen molar-refractivity contribution >= 4 is 10.0 Å². The van der Waals surface area contributed by atoms with E-state index in [1.54, 1.807) is 24.3 Å². The van der Waals surface area contributed by atoms with Crippen LogP contribution in [0.25, 0.3) is 0 Å². The molecule has 0 aliphatic carbocycles. The van der Waals surface area contributed by atoms with Crippen LogP contribution in [0.3, 0.4) is 0 Å². The van der Waals surface area contributed by atoms with Crippen molar-refractivity contribution in [3.05, 3.63) is 29.8 Å². The van der Waals surface area contributed by atoms with Crippen LogP contribution in [0.15, 0.2) is 29.2 Å². The van der Waals surface area contributed by atoms with Crippen LogP contribution in [-0.2, 0) is 10.0 Å². The maximum atomic E-state index is 12.4. The van der Waals surface area contributed by atoms with Gasteiger partial charge in [0, 0.05) is 13.1 Å². The second-order valence-electron chi connectivity index (χ2n) is 5.10. The summed E-state index contributed by atoms with van der Waals surface area (Å²) in [7, 11) is -3.50. The summed E-state index contributed by atoms with van der Waals surface area (Å²) in [5, 5.41) is 19.0. The van der Waals surface area contributed by atoms with Crippen molar-refractivity contribution in [2.24, 2.45) is 0 Å². The third-order valence-corrected chi connectivity index (χ3v) is 5.52. The number of piperidine rings is 1. The van der Waals surface area contributed by atoms with Crippen molar-refractivity contribution < 1.29 is 18.6 Å². The molecule has 0 radical (unpaired) electrons. The van der Waals surface area contributed by atoms with Gasteiger partial charge in [-0.15, -0.1) is 0 Å². The molecule has 0 saturated carbocycles. The quantitative estimate of drug-likeness (QED) is 0.848. The van der Waals surface area contributed by atoms with E-state index in [-0.39, 0.29) is 37.4 Å². The Morgan fingerprint density at radius 1 is 1.21 bits per heavy atom. The highest BCUT2D eigenvalue weighted by Crippen LogP contribution is 2.26. The Hall–Kier alpha value is -0.950. The van der Waals surface area contributed by atoms with Gasteiger partial charge in [-0.25, -0.2) is 8.42 Å². The lowest BCUT2D eigenvalue weighted by atomic mass is 9.94. The first kappa shape index (κ1) is 14.5. The van der Waals surface area contributed by atoms with Crippen LogP contribution in [0.5, 0.6) is 0 Å². The molecule has 2 N–H and O–H groups in total. The number of rotatable bonds is 3. The van der Waals surface area contributed by atoms with Crippen LogP contribution in [0.4, 0.5) is 0 Å². The molecule has 0 unspecified atom stereocenters. The maximum Gasteiger partial charge on any atom is 0.243 e. The van der Waals surface area contributed by atoms with Gasteiger partial charge >= 0.3 is 0 Å². The van der Waals surface area contributed by atoms with Crippen molar-refractivity contribution in [2.45, 2.75) is 30.3 Å². The van der Waals surface area contributed by atoms with E-state index < -0.39 is 15.6 Å². The standard InChI is InChI=1S/C13H19NO4S/c1-11-2-4-12(5-3-11)19(17,18)14-8-6-13(16,10-15)7-9-14/h2-5,15-16H,6-10H2,1H3. The number of hydrogen-bond acceptors (Lipinski definition) is 4. The molecule has 1 fully saturated rings. The molecule has 0 atom stereocenters. The summed E-state index contributed by atoms with van der Waals surface area (Å²) < 4.78 is 26.1. The zero-order valence-electron chi connectivity index (χ0n) is 10.9. The molecule has 5 nitrogen and oxygen atoms in total. The lowest BCUT2D eigenvalue weighted by Crippen LogP contribution is -2.48. The predicted molar refractivity (Wildman–Crippen MR) is 71.2 cm³/mol. The molecular formula is C13H19NO4S. The van der Waals surface area contributed by atoms with E-state index in [1.807, 2.05) is 6.92 Å². The zero-order valence-corrected chi connectivity index (χ0v) is 11.7. The van der Waals surface area contributed by atoms with Gasteiger partial charge in [0.2, 0.25) is 10.0 Å². The van der Waals surface area contributed by atoms with Crippen LogP contribution in [0, 0.1) is 6.92 Å². The van der Waals surface area contributed by atoms with E-state index in [0.717, 1.165) is 5.56 Å². The number of aryl methyl sites for hydroxylation is 1. The molecule has 1 aromatic carbocycles. The van der Waals surface area contributed by atoms with Gasteiger partial charge in [-0.3, -0.25) is 0 Å². The third kappa shape index (κ3) is 2.97. The molecule has 1 aliphatic heterocycles. The Kier molecular flexibility index (Phi) is 3.96. The van der Waals surface area contributed by atoms with Crippen LogP contribution in [0.1, 0.15) is 18.4 Å². The van der Waals surface area contributed by atoms with Gasteiger partial charge in [0.1, 0.15) is 0 Å². The molecule has 19 heavy (non-hydrogen) atoms. The van der Waals surface area contributed by atoms with E-state index in [9.17, 15) is 13.5 Å². The van der Waals surface area contributed by atoms with Gasteiger partial charge in [-0.1, -0.05) is 17.7 Å². The second kappa shape index (κ2) is 5.20. The van der Waals surface area contributed by atoms with Gasteiger partial charge in [-0.2, -0.15) is 4.31 Å². The molecule has 0 amide bonds. The zero-order chi connectivity index (χ0) is 14.1. The number of benzene rings is 1. The predicted octanol–water partition coefficient (Wildman–Crippen LogP) is 0.503. The third-order valence-electron chi connectivity index (χ3n) is 3.61. The summed E-state index contributed by atoms with van der Waals surface area (Å²) in [4.78, 5) is 0.271. The number of aliphatic hydroxyl groups is 2. The van der Waals surface area contributed by atoms with Crippen molar-refractivity contribution in [3.8, 4) is 0 Å². The van der Waals surface area contributed by atoms with Crippen molar-refractivity contribution in [3.63, 3.8) is 0 Å². The second-order valence-corrected chi connectivity index (χ2v) is 7.04. The van der Waals surface area contributed by atoms with Crippen LogP contribution >= 0.6 is 0 Å². The van der Waals surface area contributed by atoms with Gasteiger partial charge < -0.3 is 10.2 Å². The summed E-state index contributed by atoms with van der Waals surface area (Å²) in [6.07, 6.45) is 0.517. The SMILES string of the molecule is Cc1ccc(S(=O)(=O)N2CCC(O)(CO)CC2)cc1. The fourth-order valence-corrected chi connectivity index (χ4v) is 3.60. The van der Waals surface area contributed by atoms with Crippen molar-refractivity contribution in [1.29, 1.82) is 0 Å². The highest BCUT2D eigenvalue weighted by molar-refractivity contribution is 7.89. The fourth-order valence-electron chi connectivity index (χ4n) is 2.16. The van der Waals surface area contributed by atoms with Crippen LogP contribution in [-0.4, -0.2) is 48.2 Å². The number of hydrogen-bond donors (Lipinski definition) is 2. The number of nitrogens with zero attached hydrogens (tertiary/aromatic N) is 1. The molecule has 1 saturated heterocycles. The van der Waals surface area contributed by atoms with Crippen LogP contribution < -0.4 is 0 Å². The molecule has 0 aromatic heterocycles. The lowest BCUT2D eigenvalue weighted by Gasteiger charge is -2.36. The minimum absolute atomic E-state index is 0.229. The Balaban J connectivity index is 2.16. The first-order chi connectivity index (χ1) is 8.87. The van der Waals surface area contributed by atoms with E-state index in [0.29, 0.717) is 0 Å². The molecule has 2 rings (SSSR count). The van der Waals surface area contributed by atoms with Crippen molar-refractivity contribution in [1.82, 2.24) is 4.31 Å². The van der Waals surface area contributed by atoms with Crippen molar-refractivity contribution in [2.75, 3.05) is 19.7 Å². The highest BCUT2D eigenvalue weighted by Gasteiger charge is 2.36. The minimum Gasteiger partial charge on any atom is -0.393 e. The summed E-state index contributed by atoms with van der Waals surface area (Å²) >= 11 is 0. The maximum absolute atomic E-state index is 12.4. The Morgan fingerprint density at radius 2 is 1.74 bits per heavy atom. The van der Waals surface area contributed by atoms with E-state index >= 15 is 0 Å². The summed E-state index contributed by atoms with van der Waals surface area (Å²) in [5.41, 5.74) is -0.133. The average molecular weight is 285 g/mol. The molecule has 0 spiro atoms. The molecule has 6 heteroatoms.